The van der Waals surface area contributed by atoms with Gasteiger partial charge in [0.05, 0.1) is 22.4 Å². The Morgan fingerprint density at radius 2 is 1.17 bits per heavy atom. The molecule has 3 heterocycles. The first kappa shape index (κ1) is 23.4. The molecular weight excluding hydrogens is 498 g/mol. The Morgan fingerprint density at radius 3 is 2.10 bits per heavy atom. The van der Waals surface area contributed by atoms with E-state index >= 15 is 0 Å². The van der Waals surface area contributed by atoms with E-state index in [-0.39, 0.29) is 0 Å². The molecule has 0 amide bonds. The predicted octanol–water partition coefficient (Wildman–Crippen LogP) is 9.73. The van der Waals surface area contributed by atoms with Gasteiger partial charge in [0.25, 0.3) is 0 Å². The Balaban J connectivity index is 1.32. The van der Waals surface area contributed by atoms with Crippen molar-refractivity contribution >= 4 is 32.6 Å². The molecule has 5 aromatic carbocycles. The molecule has 0 radical (unpaired) electrons. The standard InChI is InChI=1S/C38H25N3/c1-2-9-26(10-3-1)28-20-21-39-35(24-28)29-12-8-13-31(23-29)41-36-16-7-6-15-33(36)34-18-17-30(25-37(34)41)38-32-14-5-4-11-27(32)19-22-40-38/h1-25H. The molecule has 0 aliphatic carbocycles. The van der Waals surface area contributed by atoms with Crippen LogP contribution in [-0.2, 0) is 0 Å². The van der Waals surface area contributed by atoms with Crippen LogP contribution in [0.15, 0.2) is 152 Å². The molecule has 0 saturated heterocycles. The minimum atomic E-state index is 0.953. The Morgan fingerprint density at radius 1 is 0.415 bits per heavy atom. The number of pyridine rings is 2. The molecule has 0 bridgehead atoms. The first-order valence-corrected chi connectivity index (χ1v) is 13.8. The van der Waals surface area contributed by atoms with Crippen molar-refractivity contribution in [3.63, 3.8) is 0 Å². The third-order valence-corrected chi connectivity index (χ3v) is 7.89. The molecule has 8 rings (SSSR count). The number of fused-ring (bicyclic) bond motifs is 4. The summed E-state index contributed by atoms with van der Waals surface area (Å²) in [5, 5.41) is 4.80. The van der Waals surface area contributed by atoms with Gasteiger partial charge in [0.15, 0.2) is 0 Å². The number of hydrogen-bond donors (Lipinski definition) is 0. The van der Waals surface area contributed by atoms with Gasteiger partial charge in [-0.3, -0.25) is 9.97 Å². The van der Waals surface area contributed by atoms with E-state index in [0.29, 0.717) is 0 Å². The zero-order valence-electron chi connectivity index (χ0n) is 22.3. The highest BCUT2D eigenvalue weighted by molar-refractivity contribution is 6.10. The van der Waals surface area contributed by atoms with Gasteiger partial charge in [-0.1, -0.05) is 97.1 Å². The van der Waals surface area contributed by atoms with Crippen LogP contribution >= 0.6 is 0 Å². The lowest BCUT2D eigenvalue weighted by molar-refractivity contribution is 1.18. The number of hydrogen-bond acceptors (Lipinski definition) is 2. The molecule has 0 aliphatic rings. The smallest absolute Gasteiger partial charge is 0.0781 e. The van der Waals surface area contributed by atoms with Crippen LogP contribution in [0, 0.1) is 0 Å². The third-order valence-electron chi connectivity index (χ3n) is 7.89. The van der Waals surface area contributed by atoms with Crippen LogP contribution in [-0.4, -0.2) is 14.5 Å². The van der Waals surface area contributed by atoms with Crippen LogP contribution in [0.25, 0.3) is 71.9 Å². The number of rotatable bonds is 4. The second kappa shape index (κ2) is 9.58. The van der Waals surface area contributed by atoms with E-state index in [0.717, 1.165) is 44.7 Å². The highest BCUT2D eigenvalue weighted by atomic mass is 15.0. The Labute approximate surface area is 238 Å². The molecule has 0 N–H and O–H groups in total. The molecule has 3 heteroatoms. The monoisotopic (exact) mass is 523 g/mol. The fraction of sp³-hybridized carbons (Fsp3) is 0. The number of aromatic nitrogens is 3. The van der Waals surface area contributed by atoms with Gasteiger partial charge in [0.2, 0.25) is 0 Å². The summed E-state index contributed by atoms with van der Waals surface area (Å²) in [5.74, 6) is 0. The second-order valence-electron chi connectivity index (χ2n) is 10.3. The average Bonchev–Trinajstić information content (AvgIpc) is 3.39. The quantitative estimate of drug-likeness (QED) is 0.230. The summed E-state index contributed by atoms with van der Waals surface area (Å²) in [7, 11) is 0. The minimum Gasteiger partial charge on any atom is -0.309 e. The molecule has 0 fully saturated rings. The molecule has 192 valence electrons. The summed E-state index contributed by atoms with van der Waals surface area (Å²) >= 11 is 0. The topological polar surface area (TPSA) is 30.7 Å². The van der Waals surface area contributed by atoms with Crippen LogP contribution in [0.4, 0.5) is 0 Å². The number of nitrogens with zero attached hydrogens (tertiary/aromatic N) is 3. The van der Waals surface area contributed by atoms with Crippen LogP contribution in [0.5, 0.6) is 0 Å². The normalized spacial score (nSPS) is 11.4. The Kier molecular flexibility index (Phi) is 5.46. The predicted molar refractivity (Wildman–Crippen MR) is 170 cm³/mol. The van der Waals surface area contributed by atoms with Crippen molar-refractivity contribution in [3.05, 3.63) is 152 Å². The van der Waals surface area contributed by atoms with Crippen molar-refractivity contribution < 1.29 is 0 Å². The van der Waals surface area contributed by atoms with Crippen LogP contribution in [0.1, 0.15) is 0 Å². The van der Waals surface area contributed by atoms with Crippen molar-refractivity contribution in [1.29, 1.82) is 0 Å². The van der Waals surface area contributed by atoms with Crippen molar-refractivity contribution in [3.8, 4) is 39.3 Å². The molecule has 0 spiro atoms. The van der Waals surface area contributed by atoms with E-state index in [2.05, 4.69) is 138 Å². The molecule has 8 aromatic rings. The van der Waals surface area contributed by atoms with Crippen molar-refractivity contribution in [2.24, 2.45) is 0 Å². The fourth-order valence-corrected chi connectivity index (χ4v) is 5.95. The van der Waals surface area contributed by atoms with Crippen molar-refractivity contribution in [1.82, 2.24) is 14.5 Å². The van der Waals surface area contributed by atoms with Gasteiger partial charge in [-0.15, -0.1) is 0 Å². The van der Waals surface area contributed by atoms with E-state index in [9.17, 15) is 0 Å². The summed E-state index contributed by atoms with van der Waals surface area (Å²) in [6.07, 6.45) is 3.80. The third kappa shape index (κ3) is 3.98. The summed E-state index contributed by atoms with van der Waals surface area (Å²) in [6.45, 7) is 0. The number of benzene rings is 5. The Hall–Kier alpha value is -5.54. The van der Waals surface area contributed by atoms with Crippen LogP contribution in [0.2, 0.25) is 0 Å². The fourth-order valence-electron chi connectivity index (χ4n) is 5.95. The molecule has 0 aliphatic heterocycles. The maximum absolute atomic E-state index is 4.81. The van der Waals surface area contributed by atoms with Gasteiger partial charge in [-0.25, -0.2) is 0 Å². The zero-order valence-corrected chi connectivity index (χ0v) is 22.3. The second-order valence-corrected chi connectivity index (χ2v) is 10.3. The van der Waals surface area contributed by atoms with Crippen molar-refractivity contribution in [2.75, 3.05) is 0 Å². The summed E-state index contributed by atoms with van der Waals surface area (Å²) in [5.41, 5.74) is 9.91. The van der Waals surface area contributed by atoms with E-state index in [4.69, 9.17) is 9.97 Å². The van der Waals surface area contributed by atoms with Gasteiger partial charge in [0.1, 0.15) is 0 Å². The lowest BCUT2D eigenvalue weighted by Gasteiger charge is -2.12. The molecular formula is C38H25N3. The molecule has 3 nitrogen and oxygen atoms in total. The number of para-hydroxylation sites is 1. The first-order chi connectivity index (χ1) is 20.3. The zero-order chi connectivity index (χ0) is 27.2. The van der Waals surface area contributed by atoms with E-state index in [1.165, 1.54) is 27.2 Å². The van der Waals surface area contributed by atoms with E-state index in [1.54, 1.807) is 0 Å². The largest absolute Gasteiger partial charge is 0.309 e. The van der Waals surface area contributed by atoms with E-state index in [1.807, 2.05) is 18.5 Å². The molecule has 0 atom stereocenters. The van der Waals surface area contributed by atoms with Gasteiger partial charge >= 0.3 is 0 Å². The molecule has 0 saturated carbocycles. The van der Waals surface area contributed by atoms with Gasteiger partial charge in [-0.2, -0.15) is 0 Å². The van der Waals surface area contributed by atoms with Crippen LogP contribution in [0.3, 0.4) is 0 Å². The van der Waals surface area contributed by atoms with Crippen molar-refractivity contribution in [2.45, 2.75) is 0 Å². The first-order valence-electron chi connectivity index (χ1n) is 13.8. The maximum atomic E-state index is 4.81. The summed E-state index contributed by atoms with van der Waals surface area (Å²) < 4.78 is 2.36. The SMILES string of the molecule is c1ccc(-c2ccnc(-c3cccc(-n4c5ccccc5c5ccc(-c6nccc7ccccc67)cc54)c3)c2)cc1. The average molecular weight is 524 g/mol. The van der Waals surface area contributed by atoms with E-state index < -0.39 is 0 Å². The molecule has 3 aromatic heterocycles. The lowest BCUT2D eigenvalue weighted by atomic mass is 10.0. The minimum absolute atomic E-state index is 0.953. The summed E-state index contributed by atoms with van der Waals surface area (Å²) in [6, 6.07) is 49.2. The van der Waals surface area contributed by atoms with Gasteiger partial charge in [0, 0.05) is 45.4 Å². The molecule has 0 unspecified atom stereocenters. The summed E-state index contributed by atoms with van der Waals surface area (Å²) in [4.78, 5) is 9.56. The van der Waals surface area contributed by atoms with Gasteiger partial charge < -0.3 is 4.57 Å². The maximum Gasteiger partial charge on any atom is 0.0781 e. The van der Waals surface area contributed by atoms with Gasteiger partial charge in [-0.05, 0) is 59.0 Å². The molecule has 41 heavy (non-hydrogen) atoms. The van der Waals surface area contributed by atoms with Crippen LogP contribution < -0.4 is 0 Å². The highest BCUT2D eigenvalue weighted by Gasteiger charge is 2.15. The Bertz CT molecular complexity index is 2200. The highest BCUT2D eigenvalue weighted by Crippen LogP contribution is 2.36. The lowest BCUT2D eigenvalue weighted by Crippen LogP contribution is -1.95.